The molecule has 1 aromatic carbocycles. The fourth-order valence-corrected chi connectivity index (χ4v) is 2.18. The summed E-state index contributed by atoms with van der Waals surface area (Å²) in [6.07, 6.45) is 4.59. The van der Waals surface area contributed by atoms with Crippen LogP contribution in [-0.2, 0) is 0 Å². The predicted molar refractivity (Wildman–Crippen MR) is 79.5 cm³/mol. The van der Waals surface area contributed by atoms with Crippen molar-refractivity contribution in [2.75, 3.05) is 6.61 Å². The molecule has 2 heterocycles. The van der Waals surface area contributed by atoms with Crippen LogP contribution in [0.2, 0.25) is 0 Å². The van der Waals surface area contributed by atoms with Crippen molar-refractivity contribution in [2.24, 2.45) is 0 Å². The average molecular weight is 315 g/mol. The van der Waals surface area contributed by atoms with Gasteiger partial charge in [0.1, 0.15) is 23.3 Å². The molecule has 0 fully saturated rings. The molecular weight excluding hydrogens is 301 g/mol. The van der Waals surface area contributed by atoms with E-state index in [1.54, 1.807) is 24.4 Å². The van der Waals surface area contributed by atoms with Gasteiger partial charge >= 0.3 is 0 Å². The number of furan rings is 1. The summed E-state index contributed by atoms with van der Waals surface area (Å²) < 4.78 is 20.7. The molecule has 1 atom stereocenters. The van der Waals surface area contributed by atoms with Gasteiger partial charge in [-0.3, -0.25) is 4.79 Å². The standard InChI is InChI=1S/C16H14FN3O3/c17-12-9-11(4-5-14(12)20-7-2-6-18-20)16(22)19-13(10-21)15-3-1-8-23-15/h1-9,13,21H,10H2,(H,19,22). The van der Waals surface area contributed by atoms with Crippen LogP contribution in [0.4, 0.5) is 4.39 Å². The van der Waals surface area contributed by atoms with Crippen LogP contribution in [0.3, 0.4) is 0 Å². The molecule has 6 nitrogen and oxygen atoms in total. The van der Waals surface area contributed by atoms with Crippen LogP contribution >= 0.6 is 0 Å². The number of aliphatic hydroxyl groups excluding tert-OH is 1. The van der Waals surface area contributed by atoms with E-state index in [-0.39, 0.29) is 17.9 Å². The quantitative estimate of drug-likeness (QED) is 0.755. The molecule has 2 aromatic heterocycles. The van der Waals surface area contributed by atoms with Gasteiger partial charge in [-0.2, -0.15) is 5.10 Å². The highest BCUT2D eigenvalue weighted by molar-refractivity contribution is 5.94. The maximum absolute atomic E-state index is 14.2. The first-order valence-corrected chi connectivity index (χ1v) is 6.93. The highest BCUT2D eigenvalue weighted by Gasteiger charge is 2.18. The SMILES string of the molecule is O=C(NC(CO)c1ccco1)c1ccc(-n2cccn2)c(F)c1. The van der Waals surface area contributed by atoms with Crippen molar-refractivity contribution in [1.29, 1.82) is 0 Å². The largest absolute Gasteiger partial charge is 0.467 e. The maximum Gasteiger partial charge on any atom is 0.252 e. The zero-order valence-corrected chi connectivity index (χ0v) is 12.0. The fraction of sp³-hybridized carbons (Fsp3) is 0.125. The van der Waals surface area contributed by atoms with Crippen LogP contribution in [0.15, 0.2) is 59.5 Å². The number of benzene rings is 1. The number of aromatic nitrogens is 2. The molecule has 1 amide bonds. The topological polar surface area (TPSA) is 80.3 Å². The molecule has 0 saturated heterocycles. The number of nitrogens with zero attached hydrogens (tertiary/aromatic N) is 2. The average Bonchev–Trinajstić information content (AvgIpc) is 3.25. The van der Waals surface area contributed by atoms with Crippen molar-refractivity contribution in [3.05, 3.63) is 72.2 Å². The van der Waals surface area contributed by atoms with Crippen molar-refractivity contribution < 1.29 is 18.7 Å². The number of carbonyl (C=O) groups is 1. The van der Waals surface area contributed by atoms with E-state index < -0.39 is 17.8 Å². The lowest BCUT2D eigenvalue weighted by Crippen LogP contribution is -2.30. The first kappa shape index (κ1) is 15.0. The van der Waals surface area contributed by atoms with E-state index in [0.29, 0.717) is 5.76 Å². The van der Waals surface area contributed by atoms with Gasteiger partial charge in [-0.15, -0.1) is 0 Å². The highest BCUT2D eigenvalue weighted by atomic mass is 19.1. The van der Waals surface area contributed by atoms with E-state index in [2.05, 4.69) is 10.4 Å². The molecular formula is C16H14FN3O3. The lowest BCUT2D eigenvalue weighted by Gasteiger charge is -2.14. The molecule has 0 aliphatic heterocycles. The first-order valence-electron chi connectivity index (χ1n) is 6.93. The Morgan fingerprint density at radius 2 is 2.26 bits per heavy atom. The van der Waals surface area contributed by atoms with E-state index in [1.807, 2.05) is 0 Å². The molecule has 0 spiro atoms. The van der Waals surface area contributed by atoms with E-state index in [4.69, 9.17) is 4.42 Å². The van der Waals surface area contributed by atoms with Crippen LogP contribution in [-0.4, -0.2) is 27.4 Å². The third-order valence-electron chi connectivity index (χ3n) is 3.34. The summed E-state index contributed by atoms with van der Waals surface area (Å²) in [6, 6.07) is 8.37. The Morgan fingerprint density at radius 3 is 2.87 bits per heavy atom. The molecule has 0 bridgehead atoms. The van der Waals surface area contributed by atoms with E-state index >= 15 is 0 Å². The van der Waals surface area contributed by atoms with Crippen LogP contribution in [0.25, 0.3) is 5.69 Å². The summed E-state index contributed by atoms with van der Waals surface area (Å²) in [5, 5.41) is 15.9. The van der Waals surface area contributed by atoms with Crippen molar-refractivity contribution in [3.63, 3.8) is 0 Å². The van der Waals surface area contributed by atoms with E-state index in [9.17, 15) is 14.3 Å². The lowest BCUT2D eigenvalue weighted by molar-refractivity contribution is 0.0907. The van der Waals surface area contributed by atoms with Gasteiger partial charge < -0.3 is 14.8 Å². The van der Waals surface area contributed by atoms with Gasteiger partial charge in [-0.25, -0.2) is 9.07 Å². The molecule has 0 saturated carbocycles. The lowest BCUT2D eigenvalue weighted by atomic mass is 10.1. The molecule has 7 heteroatoms. The van der Waals surface area contributed by atoms with Gasteiger partial charge in [0.05, 0.1) is 12.9 Å². The van der Waals surface area contributed by atoms with Crippen LogP contribution in [0.5, 0.6) is 0 Å². The Hall–Kier alpha value is -2.93. The summed E-state index contributed by atoms with van der Waals surface area (Å²) in [4.78, 5) is 12.2. The smallest absolute Gasteiger partial charge is 0.252 e. The van der Waals surface area contributed by atoms with Crippen molar-refractivity contribution in [3.8, 4) is 5.69 Å². The Labute approximate surface area is 131 Å². The normalized spacial score (nSPS) is 12.1. The van der Waals surface area contributed by atoms with Crippen molar-refractivity contribution in [2.45, 2.75) is 6.04 Å². The predicted octanol–water partition coefficient (Wildman–Crippen LogP) is 2.07. The van der Waals surface area contributed by atoms with E-state index in [0.717, 1.165) is 6.07 Å². The van der Waals surface area contributed by atoms with E-state index in [1.165, 1.54) is 29.3 Å². The Bertz CT molecular complexity index is 785. The number of hydrogen-bond acceptors (Lipinski definition) is 4. The fourth-order valence-electron chi connectivity index (χ4n) is 2.18. The number of hydrogen-bond donors (Lipinski definition) is 2. The zero-order chi connectivity index (χ0) is 16.2. The number of rotatable bonds is 5. The number of carbonyl (C=O) groups excluding carboxylic acids is 1. The molecule has 3 rings (SSSR count). The monoisotopic (exact) mass is 315 g/mol. The van der Waals surface area contributed by atoms with Crippen LogP contribution in [0, 0.1) is 5.82 Å². The molecule has 0 aliphatic rings. The van der Waals surface area contributed by atoms with Crippen molar-refractivity contribution >= 4 is 5.91 Å². The van der Waals surface area contributed by atoms with Gasteiger partial charge in [0.25, 0.3) is 5.91 Å². The summed E-state index contributed by atoms with van der Waals surface area (Å²) in [5.41, 5.74) is 0.389. The van der Waals surface area contributed by atoms with Gasteiger partial charge in [0, 0.05) is 18.0 Å². The Kier molecular flexibility index (Phi) is 4.20. The minimum atomic E-state index is -0.689. The molecule has 0 radical (unpaired) electrons. The summed E-state index contributed by atoms with van der Waals surface area (Å²) in [5.74, 6) is -0.652. The second-order valence-electron chi connectivity index (χ2n) is 4.84. The maximum atomic E-state index is 14.2. The van der Waals surface area contributed by atoms with Gasteiger partial charge in [-0.05, 0) is 36.4 Å². The molecule has 0 aliphatic carbocycles. The number of halogens is 1. The number of nitrogens with one attached hydrogen (secondary N) is 1. The molecule has 2 N–H and O–H groups in total. The summed E-state index contributed by atoms with van der Waals surface area (Å²) >= 11 is 0. The second kappa shape index (κ2) is 6.45. The molecule has 1 unspecified atom stereocenters. The van der Waals surface area contributed by atoms with Crippen molar-refractivity contribution in [1.82, 2.24) is 15.1 Å². The minimum absolute atomic E-state index is 0.142. The third-order valence-corrected chi connectivity index (χ3v) is 3.34. The zero-order valence-electron chi connectivity index (χ0n) is 12.0. The second-order valence-corrected chi connectivity index (χ2v) is 4.84. The number of aliphatic hydroxyl groups is 1. The molecule has 3 aromatic rings. The molecule has 23 heavy (non-hydrogen) atoms. The Morgan fingerprint density at radius 1 is 1.39 bits per heavy atom. The summed E-state index contributed by atoms with van der Waals surface area (Å²) in [7, 11) is 0. The minimum Gasteiger partial charge on any atom is -0.467 e. The van der Waals surface area contributed by atoms with Gasteiger partial charge in [-0.1, -0.05) is 0 Å². The summed E-state index contributed by atoms with van der Waals surface area (Å²) in [6.45, 7) is -0.326. The first-order chi connectivity index (χ1) is 11.2. The Balaban J connectivity index is 1.79. The highest BCUT2D eigenvalue weighted by Crippen LogP contribution is 2.17. The van der Waals surface area contributed by atoms with Crippen LogP contribution in [0.1, 0.15) is 22.2 Å². The van der Waals surface area contributed by atoms with Gasteiger partial charge in [0.2, 0.25) is 0 Å². The van der Waals surface area contributed by atoms with Crippen LogP contribution < -0.4 is 5.32 Å². The number of amides is 1. The van der Waals surface area contributed by atoms with Gasteiger partial charge in [0.15, 0.2) is 0 Å². The molecule has 118 valence electrons. The third kappa shape index (κ3) is 3.14.